The molecule has 2 amide bonds. The molecule has 0 saturated heterocycles. The lowest BCUT2D eigenvalue weighted by Crippen LogP contribution is -2.47. The molecule has 134 valence electrons. The first kappa shape index (κ1) is 20.4. The molecule has 1 rings (SSSR count). The Bertz CT molecular complexity index is 538. The molecule has 0 aliphatic carbocycles. The van der Waals surface area contributed by atoms with Crippen molar-refractivity contribution in [3.05, 3.63) is 24.3 Å². The summed E-state index contributed by atoms with van der Waals surface area (Å²) in [4.78, 5) is 26.9. The first-order chi connectivity index (χ1) is 11.2. The minimum absolute atomic E-state index is 0.00238. The predicted molar refractivity (Wildman–Crippen MR) is 98.5 cm³/mol. The van der Waals surface area contributed by atoms with Gasteiger partial charge in [-0.25, -0.2) is 0 Å². The molecule has 0 aromatic heterocycles. The van der Waals surface area contributed by atoms with Crippen molar-refractivity contribution in [1.29, 1.82) is 0 Å². The average Bonchev–Trinajstić information content (AvgIpc) is 2.51. The summed E-state index contributed by atoms with van der Waals surface area (Å²) in [6.07, 6.45) is 0.410. The average molecular weight is 353 g/mol. The zero-order valence-corrected chi connectivity index (χ0v) is 16.0. The number of methoxy groups -OCH3 is 1. The zero-order valence-electron chi connectivity index (χ0n) is 15.2. The van der Waals surface area contributed by atoms with Crippen LogP contribution in [0.3, 0.4) is 0 Å². The number of nitrogens with one attached hydrogen (secondary N) is 1. The van der Waals surface area contributed by atoms with E-state index in [1.54, 1.807) is 23.8 Å². The van der Waals surface area contributed by atoms with E-state index in [9.17, 15) is 9.59 Å². The molecule has 0 fully saturated rings. The summed E-state index contributed by atoms with van der Waals surface area (Å²) in [6.45, 7) is 8.31. The number of amides is 2. The summed E-state index contributed by atoms with van der Waals surface area (Å²) in [5.74, 6) is 1.38. The minimum Gasteiger partial charge on any atom is -0.497 e. The van der Waals surface area contributed by atoms with Crippen molar-refractivity contribution < 1.29 is 14.3 Å². The molecule has 1 aromatic rings. The number of rotatable bonds is 8. The third kappa shape index (κ3) is 7.73. The maximum Gasteiger partial charge on any atom is 0.240 e. The number of ether oxygens (including phenoxy) is 1. The first-order valence-electron chi connectivity index (χ1n) is 8.11. The van der Waals surface area contributed by atoms with Crippen molar-refractivity contribution in [2.24, 2.45) is 0 Å². The fourth-order valence-corrected chi connectivity index (χ4v) is 2.93. The molecule has 0 aliphatic heterocycles. The molecule has 1 N–H and O–H groups in total. The molecule has 6 heteroatoms. The lowest BCUT2D eigenvalue weighted by molar-refractivity contribution is -0.136. The fraction of sp³-hybridized carbons (Fsp3) is 0.556. The Labute approximate surface area is 149 Å². The summed E-state index contributed by atoms with van der Waals surface area (Å²) in [7, 11) is 1.63. The lowest BCUT2D eigenvalue weighted by Gasteiger charge is -2.25. The van der Waals surface area contributed by atoms with Gasteiger partial charge in [-0.3, -0.25) is 9.59 Å². The quantitative estimate of drug-likeness (QED) is 0.731. The molecule has 0 atom stereocenters. The Kier molecular flexibility index (Phi) is 8.11. The van der Waals surface area contributed by atoms with Gasteiger partial charge in [0.05, 0.1) is 13.7 Å². The second-order valence-corrected chi connectivity index (χ2v) is 7.65. The van der Waals surface area contributed by atoms with Crippen LogP contribution in [0, 0.1) is 0 Å². The van der Waals surface area contributed by atoms with Crippen molar-refractivity contribution in [1.82, 2.24) is 10.2 Å². The Hall–Kier alpha value is -1.69. The van der Waals surface area contributed by atoms with Crippen LogP contribution in [0.1, 0.15) is 34.1 Å². The highest BCUT2D eigenvalue weighted by atomic mass is 32.2. The van der Waals surface area contributed by atoms with Crippen LogP contribution in [0.25, 0.3) is 0 Å². The first-order valence-corrected chi connectivity index (χ1v) is 9.09. The highest BCUT2D eigenvalue weighted by Crippen LogP contribution is 2.22. The van der Waals surface area contributed by atoms with Crippen LogP contribution in [0.2, 0.25) is 0 Å². The molecular formula is C18H28N2O3S. The van der Waals surface area contributed by atoms with E-state index >= 15 is 0 Å². The molecule has 0 aliphatic rings. The number of carbonyl (C=O) groups excluding carboxylic acids is 2. The fourth-order valence-electron chi connectivity index (χ4n) is 2.09. The Morgan fingerprint density at radius 3 is 2.33 bits per heavy atom. The van der Waals surface area contributed by atoms with Gasteiger partial charge < -0.3 is 15.0 Å². The minimum atomic E-state index is -0.288. The second kappa shape index (κ2) is 9.57. The number of likely N-dealkylation sites (N-methyl/N-ethyl adjacent to an activating group) is 1. The van der Waals surface area contributed by atoms with Gasteiger partial charge in [-0.05, 0) is 52.0 Å². The summed E-state index contributed by atoms with van der Waals surface area (Å²) < 4.78 is 5.12. The standard InChI is InChI=1S/C18H28N2O3S/c1-6-20(13-16(21)19-18(2,3)4)17(22)11-12-24-15-9-7-14(23-5)8-10-15/h7-10H,6,11-13H2,1-5H3,(H,19,21). The highest BCUT2D eigenvalue weighted by molar-refractivity contribution is 7.99. The van der Waals surface area contributed by atoms with Crippen molar-refractivity contribution in [3.63, 3.8) is 0 Å². The van der Waals surface area contributed by atoms with Crippen LogP contribution in [0.15, 0.2) is 29.2 Å². The topological polar surface area (TPSA) is 58.6 Å². The van der Waals surface area contributed by atoms with Gasteiger partial charge in [0.15, 0.2) is 0 Å². The Morgan fingerprint density at radius 1 is 1.21 bits per heavy atom. The van der Waals surface area contributed by atoms with Gasteiger partial charge in [0.25, 0.3) is 0 Å². The van der Waals surface area contributed by atoms with E-state index in [0.29, 0.717) is 18.7 Å². The SMILES string of the molecule is CCN(CC(=O)NC(C)(C)C)C(=O)CCSc1ccc(OC)cc1. The van der Waals surface area contributed by atoms with Gasteiger partial charge in [0.2, 0.25) is 11.8 Å². The van der Waals surface area contributed by atoms with Gasteiger partial charge in [0, 0.05) is 29.2 Å². The maximum absolute atomic E-state index is 12.3. The van der Waals surface area contributed by atoms with E-state index in [4.69, 9.17) is 4.74 Å². The molecule has 5 nitrogen and oxygen atoms in total. The summed E-state index contributed by atoms with van der Waals surface area (Å²) >= 11 is 1.62. The maximum atomic E-state index is 12.3. The van der Waals surface area contributed by atoms with Gasteiger partial charge in [0.1, 0.15) is 5.75 Å². The number of nitrogens with zero attached hydrogens (tertiary/aromatic N) is 1. The van der Waals surface area contributed by atoms with Crippen LogP contribution >= 0.6 is 11.8 Å². The van der Waals surface area contributed by atoms with Crippen LogP contribution in [0.5, 0.6) is 5.75 Å². The highest BCUT2D eigenvalue weighted by Gasteiger charge is 2.19. The molecule has 0 unspecified atom stereocenters. The molecule has 0 spiro atoms. The van der Waals surface area contributed by atoms with Crippen LogP contribution in [-0.4, -0.2) is 48.2 Å². The van der Waals surface area contributed by atoms with Crippen molar-refractivity contribution >= 4 is 23.6 Å². The summed E-state index contributed by atoms with van der Waals surface area (Å²) in [5, 5.41) is 2.88. The monoisotopic (exact) mass is 352 g/mol. The predicted octanol–water partition coefficient (Wildman–Crippen LogP) is 2.94. The molecule has 1 aromatic carbocycles. The second-order valence-electron chi connectivity index (χ2n) is 6.48. The van der Waals surface area contributed by atoms with Crippen molar-refractivity contribution in [2.75, 3.05) is 26.0 Å². The van der Waals surface area contributed by atoms with Gasteiger partial charge in [-0.15, -0.1) is 11.8 Å². The molecule has 24 heavy (non-hydrogen) atoms. The third-order valence-corrected chi connectivity index (χ3v) is 4.24. The number of hydrogen-bond donors (Lipinski definition) is 1. The number of hydrogen-bond acceptors (Lipinski definition) is 4. The molecule has 0 bridgehead atoms. The number of benzene rings is 1. The summed E-state index contributed by atoms with van der Waals surface area (Å²) in [5.41, 5.74) is -0.288. The summed E-state index contributed by atoms with van der Waals surface area (Å²) in [6, 6.07) is 7.75. The zero-order chi connectivity index (χ0) is 18.2. The van der Waals surface area contributed by atoms with E-state index in [0.717, 1.165) is 10.6 Å². The van der Waals surface area contributed by atoms with E-state index in [2.05, 4.69) is 5.32 Å². The largest absolute Gasteiger partial charge is 0.497 e. The van der Waals surface area contributed by atoms with Gasteiger partial charge in [-0.2, -0.15) is 0 Å². The molecule has 0 radical (unpaired) electrons. The number of thioether (sulfide) groups is 1. The molecular weight excluding hydrogens is 324 g/mol. The van der Waals surface area contributed by atoms with E-state index in [1.165, 1.54) is 0 Å². The number of carbonyl (C=O) groups is 2. The Balaban J connectivity index is 2.42. The van der Waals surface area contributed by atoms with Crippen molar-refractivity contribution in [3.8, 4) is 5.75 Å². The van der Waals surface area contributed by atoms with Crippen LogP contribution < -0.4 is 10.1 Å². The van der Waals surface area contributed by atoms with Gasteiger partial charge >= 0.3 is 0 Å². The van der Waals surface area contributed by atoms with Crippen molar-refractivity contribution in [2.45, 2.75) is 44.6 Å². The smallest absolute Gasteiger partial charge is 0.240 e. The van der Waals surface area contributed by atoms with Crippen LogP contribution in [0.4, 0.5) is 0 Å². The van der Waals surface area contributed by atoms with E-state index in [1.807, 2.05) is 52.0 Å². The lowest BCUT2D eigenvalue weighted by atomic mass is 10.1. The van der Waals surface area contributed by atoms with Crippen LogP contribution in [-0.2, 0) is 9.59 Å². The van der Waals surface area contributed by atoms with E-state index in [-0.39, 0.29) is 23.9 Å². The van der Waals surface area contributed by atoms with E-state index < -0.39 is 0 Å². The molecule has 0 heterocycles. The van der Waals surface area contributed by atoms with Gasteiger partial charge in [-0.1, -0.05) is 0 Å². The molecule has 0 saturated carbocycles. The third-order valence-electron chi connectivity index (χ3n) is 3.23. The normalized spacial score (nSPS) is 11.0. The Morgan fingerprint density at radius 2 is 1.83 bits per heavy atom.